The van der Waals surface area contributed by atoms with Crippen molar-refractivity contribution in [1.82, 2.24) is 14.8 Å². The van der Waals surface area contributed by atoms with Gasteiger partial charge in [-0.3, -0.25) is 4.57 Å². The quantitative estimate of drug-likeness (QED) is 0.805. The summed E-state index contributed by atoms with van der Waals surface area (Å²) in [4.78, 5) is 0. The number of nitrogens with zero attached hydrogens (tertiary/aromatic N) is 3. The SMILES string of the molecule is CCNc1nnc(-c2ccc(N)cc2OC)n1CC. The fourth-order valence-electron chi connectivity index (χ4n) is 1.98. The van der Waals surface area contributed by atoms with Gasteiger partial charge in [-0.2, -0.15) is 0 Å². The maximum absolute atomic E-state index is 5.77. The van der Waals surface area contributed by atoms with Crippen LogP contribution < -0.4 is 15.8 Å². The Morgan fingerprint density at radius 2 is 2.11 bits per heavy atom. The molecule has 0 aliphatic heterocycles. The van der Waals surface area contributed by atoms with Crippen molar-refractivity contribution in [3.05, 3.63) is 18.2 Å². The summed E-state index contributed by atoms with van der Waals surface area (Å²) in [5, 5.41) is 11.6. The van der Waals surface area contributed by atoms with Gasteiger partial charge in [0.2, 0.25) is 5.95 Å². The minimum Gasteiger partial charge on any atom is -0.496 e. The van der Waals surface area contributed by atoms with Crippen molar-refractivity contribution in [2.75, 3.05) is 24.7 Å². The summed E-state index contributed by atoms with van der Waals surface area (Å²) in [6, 6.07) is 5.52. The number of nitrogen functional groups attached to an aromatic ring is 1. The van der Waals surface area contributed by atoms with Gasteiger partial charge in [-0.05, 0) is 26.0 Å². The number of nitrogens with one attached hydrogen (secondary N) is 1. The van der Waals surface area contributed by atoms with E-state index in [0.717, 1.165) is 30.4 Å². The lowest BCUT2D eigenvalue weighted by molar-refractivity contribution is 0.416. The number of rotatable bonds is 5. The molecule has 6 heteroatoms. The summed E-state index contributed by atoms with van der Waals surface area (Å²) in [6.07, 6.45) is 0. The number of hydrogen-bond donors (Lipinski definition) is 2. The van der Waals surface area contributed by atoms with Gasteiger partial charge in [0.05, 0.1) is 12.7 Å². The molecule has 0 aliphatic rings. The Morgan fingerprint density at radius 1 is 1.32 bits per heavy atom. The van der Waals surface area contributed by atoms with Crippen molar-refractivity contribution in [2.24, 2.45) is 0 Å². The molecule has 1 heterocycles. The molecule has 3 N–H and O–H groups in total. The second-order valence-corrected chi connectivity index (χ2v) is 4.08. The largest absolute Gasteiger partial charge is 0.496 e. The Bertz CT molecular complexity index is 564. The molecule has 0 atom stereocenters. The fraction of sp³-hybridized carbons (Fsp3) is 0.385. The van der Waals surface area contributed by atoms with E-state index in [1.54, 1.807) is 13.2 Å². The molecule has 0 aliphatic carbocycles. The topological polar surface area (TPSA) is 78.0 Å². The first-order chi connectivity index (χ1) is 9.21. The van der Waals surface area contributed by atoms with Gasteiger partial charge in [0.1, 0.15) is 5.75 Å². The first-order valence-corrected chi connectivity index (χ1v) is 6.32. The average molecular weight is 261 g/mol. The van der Waals surface area contributed by atoms with E-state index in [1.165, 1.54) is 0 Å². The van der Waals surface area contributed by atoms with Crippen molar-refractivity contribution in [3.8, 4) is 17.1 Å². The van der Waals surface area contributed by atoms with E-state index in [0.29, 0.717) is 11.4 Å². The third kappa shape index (κ3) is 2.47. The molecular formula is C13H19N5O. The molecule has 0 fully saturated rings. The summed E-state index contributed by atoms with van der Waals surface area (Å²) in [5.74, 6) is 2.24. The van der Waals surface area contributed by atoms with Crippen LogP contribution in [0.25, 0.3) is 11.4 Å². The Morgan fingerprint density at radius 3 is 2.74 bits per heavy atom. The fourth-order valence-corrected chi connectivity index (χ4v) is 1.98. The summed E-state index contributed by atoms with van der Waals surface area (Å²) in [5.41, 5.74) is 7.32. The zero-order valence-electron chi connectivity index (χ0n) is 11.5. The molecular weight excluding hydrogens is 242 g/mol. The van der Waals surface area contributed by atoms with Crippen LogP contribution in [0, 0.1) is 0 Å². The minimum absolute atomic E-state index is 0.662. The van der Waals surface area contributed by atoms with Gasteiger partial charge in [0.25, 0.3) is 0 Å². The summed E-state index contributed by atoms with van der Waals surface area (Å²) in [7, 11) is 1.62. The Balaban J connectivity index is 2.52. The van der Waals surface area contributed by atoms with Crippen LogP contribution in [-0.2, 0) is 6.54 Å². The summed E-state index contributed by atoms with van der Waals surface area (Å²) >= 11 is 0. The van der Waals surface area contributed by atoms with E-state index in [2.05, 4.69) is 22.4 Å². The zero-order chi connectivity index (χ0) is 13.8. The first kappa shape index (κ1) is 13.2. The van der Waals surface area contributed by atoms with E-state index >= 15 is 0 Å². The van der Waals surface area contributed by atoms with Gasteiger partial charge in [-0.25, -0.2) is 0 Å². The number of ether oxygens (including phenoxy) is 1. The predicted octanol–water partition coefficient (Wildman–Crippen LogP) is 1.99. The van der Waals surface area contributed by atoms with Crippen molar-refractivity contribution in [1.29, 1.82) is 0 Å². The van der Waals surface area contributed by atoms with Crippen LogP contribution >= 0.6 is 0 Å². The van der Waals surface area contributed by atoms with Gasteiger partial charge in [0, 0.05) is 24.8 Å². The standard InChI is InChI=1S/C13H19N5O/c1-4-15-13-17-16-12(18(13)5-2)10-7-6-9(14)8-11(10)19-3/h6-8H,4-5,14H2,1-3H3,(H,15,17). The Labute approximate surface area is 112 Å². The van der Waals surface area contributed by atoms with Gasteiger partial charge in [-0.1, -0.05) is 0 Å². The van der Waals surface area contributed by atoms with E-state index in [9.17, 15) is 0 Å². The Kier molecular flexibility index (Phi) is 3.89. The minimum atomic E-state index is 0.662. The highest BCUT2D eigenvalue weighted by atomic mass is 16.5. The summed E-state index contributed by atoms with van der Waals surface area (Å²) in [6.45, 7) is 5.66. The monoisotopic (exact) mass is 261 g/mol. The van der Waals surface area contributed by atoms with Crippen LogP contribution in [0.4, 0.5) is 11.6 Å². The normalized spacial score (nSPS) is 10.5. The smallest absolute Gasteiger partial charge is 0.224 e. The zero-order valence-corrected chi connectivity index (χ0v) is 11.5. The molecule has 1 aromatic heterocycles. The predicted molar refractivity (Wildman–Crippen MR) is 76.3 cm³/mol. The molecule has 0 saturated carbocycles. The highest BCUT2D eigenvalue weighted by Gasteiger charge is 2.15. The van der Waals surface area contributed by atoms with Crippen molar-refractivity contribution in [2.45, 2.75) is 20.4 Å². The molecule has 0 amide bonds. The van der Waals surface area contributed by atoms with Crippen LogP contribution in [0.15, 0.2) is 18.2 Å². The number of hydrogen-bond acceptors (Lipinski definition) is 5. The highest BCUT2D eigenvalue weighted by molar-refractivity contribution is 5.69. The lowest BCUT2D eigenvalue weighted by atomic mass is 10.1. The lowest BCUT2D eigenvalue weighted by Crippen LogP contribution is -2.07. The van der Waals surface area contributed by atoms with Crippen molar-refractivity contribution >= 4 is 11.6 Å². The molecule has 0 bridgehead atoms. The molecule has 1 aromatic carbocycles. The molecule has 0 radical (unpaired) electrons. The first-order valence-electron chi connectivity index (χ1n) is 6.32. The third-order valence-corrected chi connectivity index (χ3v) is 2.87. The molecule has 102 valence electrons. The van der Waals surface area contributed by atoms with Crippen LogP contribution in [-0.4, -0.2) is 28.4 Å². The number of anilines is 2. The number of methoxy groups -OCH3 is 1. The molecule has 19 heavy (non-hydrogen) atoms. The van der Waals surface area contributed by atoms with Gasteiger partial charge >= 0.3 is 0 Å². The highest BCUT2D eigenvalue weighted by Crippen LogP contribution is 2.31. The van der Waals surface area contributed by atoms with E-state index in [1.807, 2.05) is 23.6 Å². The van der Waals surface area contributed by atoms with Crippen molar-refractivity contribution < 1.29 is 4.74 Å². The molecule has 0 spiro atoms. The number of aromatic nitrogens is 3. The van der Waals surface area contributed by atoms with E-state index in [4.69, 9.17) is 10.5 Å². The molecule has 2 aromatic rings. The lowest BCUT2D eigenvalue weighted by Gasteiger charge is -2.11. The third-order valence-electron chi connectivity index (χ3n) is 2.87. The van der Waals surface area contributed by atoms with Gasteiger partial charge in [-0.15, -0.1) is 10.2 Å². The van der Waals surface area contributed by atoms with Gasteiger partial charge in [0.15, 0.2) is 5.82 Å². The second kappa shape index (κ2) is 5.60. The maximum atomic E-state index is 5.77. The van der Waals surface area contributed by atoms with Crippen LogP contribution in [0.3, 0.4) is 0 Å². The van der Waals surface area contributed by atoms with Crippen LogP contribution in [0.1, 0.15) is 13.8 Å². The van der Waals surface area contributed by atoms with E-state index < -0.39 is 0 Å². The molecule has 6 nitrogen and oxygen atoms in total. The number of nitrogens with two attached hydrogens (primary N) is 1. The van der Waals surface area contributed by atoms with Gasteiger partial charge < -0.3 is 15.8 Å². The van der Waals surface area contributed by atoms with E-state index in [-0.39, 0.29) is 0 Å². The molecule has 2 rings (SSSR count). The Hall–Kier alpha value is -2.24. The second-order valence-electron chi connectivity index (χ2n) is 4.08. The summed E-state index contributed by atoms with van der Waals surface area (Å²) < 4.78 is 7.38. The average Bonchev–Trinajstić information content (AvgIpc) is 2.81. The molecule has 0 saturated heterocycles. The van der Waals surface area contributed by atoms with Crippen LogP contribution in [0.5, 0.6) is 5.75 Å². The van der Waals surface area contributed by atoms with Crippen molar-refractivity contribution in [3.63, 3.8) is 0 Å². The molecule has 0 unspecified atom stereocenters. The van der Waals surface area contributed by atoms with Crippen LogP contribution in [0.2, 0.25) is 0 Å². The maximum Gasteiger partial charge on any atom is 0.224 e. The number of benzene rings is 1.